The minimum Gasteiger partial charge on any atom is -0.357 e. The fourth-order valence-electron chi connectivity index (χ4n) is 7.12. The summed E-state index contributed by atoms with van der Waals surface area (Å²) in [5.74, 6) is 1.91. The number of pyridine rings is 1. The number of fused-ring (bicyclic) bond motifs is 1. The van der Waals surface area contributed by atoms with Gasteiger partial charge in [-0.25, -0.2) is 14.5 Å². The van der Waals surface area contributed by atoms with Crippen LogP contribution in [0.3, 0.4) is 0 Å². The summed E-state index contributed by atoms with van der Waals surface area (Å²) in [6.45, 7) is 6.05. The highest BCUT2D eigenvalue weighted by Crippen LogP contribution is 2.38. The van der Waals surface area contributed by atoms with Crippen molar-refractivity contribution in [3.05, 3.63) is 48.7 Å². The van der Waals surface area contributed by atoms with Crippen LogP contribution < -0.4 is 10.2 Å². The van der Waals surface area contributed by atoms with Crippen LogP contribution in [0.15, 0.2) is 43.1 Å². The first-order chi connectivity index (χ1) is 21.5. The third kappa shape index (κ3) is 5.23. The first-order valence-corrected chi connectivity index (χ1v) is 16.3. The zero-order valence-electron chi connectivity index (χ0n) is 25.7. The van der Waals surface area contributed by atoms with Gasteiger partial charge in [0.1, 0.15) is 23.0 Å². The lowest BCUT2D eigenvalue weighted by Gasteiger charge is -2.42. The number of piperidine rings is 1. The van der Waals surface area contributed by atoms with Crippen LogP contribution in [0.2, 0.25) is 0 Å². The van der Waals surface area contributed by atoms with Crippen molar-refractivity contribution in [2.75, 3.05) is 18.0 Å². The highest BCUT2D eigenvalue weighted by molar-refractivity contribution is 5.84. The van der Waals surface area contributed by atoms with Gasteiger partial charge in [-0.1, -0.05) is 13.8 Å². The normalized spacial score (nSPS) is 22.0. The highest BCUT2D eigenvalue weighted by atomic mass is 16.2. The van der Waals surface area contributed by atoms with Crippen LogP contribution in [0.25, 0.3) is 28.0 Å². The molecule has 3 aliphatic rings. The van der Waals surface area contributed by atoms with Crippen LogP contribution in [-0.2, 0) is 4.79 Å². The van der Waals surface area contributed by atoms with E-state index in [1.807, 2.05) is 30.7 Å². The standard InChI is InChI=1S/C34H41N9O/c1-3-34(33(44)39-27-5-4-6-27)13-15-41(16-14-34)30-12-9-24(18-36-30)31-32-25(17-35)19-38-43(32)22-29(40-31)26-20-37-42(21-26)28-10-7-23(2)8-11-28/h9,12,18-23,27-28H,3-8,10-11,13-16H2,1-2H3,(H,39,44). The predicted octanol–water partition coefficient (Wildman–Crippen LogP) is 5.94. The van der Waals surface area contributed by atoms with E-state index in [2.05, 4.69) is 46.1 Å². The molecule has 0 bridgehead atoms. The molecule has 0 aromatic carbocycles. The number of anilines is 1. The van der Waals surface area contributed by atoms with E-state index in [1.54, 1.807) is 10.7 Å². The van der Waals surface area contributed by atoms with Gasteiger partial charge in [0.2, 0.25) is 5.91 Å². The number of rotatable bonds is 7. The van der Waals surface area contributed by atoms with Crippen molar-refractivity contribution in [2.45, 2.75) is 90.1 Å². The Morgan fingerprint density at radius 2 is 1.82 bits per heavy atom. The second kappa shape index (κ2) is 11.7. The van der Waals surface area contributed by atoms with Gasteiger partial charge in [0.15, 0.2) is 0 Å². The summed E-state index contributed by atoms with van der Waals surface area (Å²) in [5.41, 5.74) is 4.04. The van der Waals surface area contributed by atoms with Crippen LogP contribution in [0, 0.1) is 22.7 Å². The molecule has 7 rings (SSSR count). The molecule has 0 spiro atoms. The summed E-state index contributed by atoms with van der Waals surface area (Å²) >= 11 is 0. The van der Waals surface area contributed by atoms with Crippen LogP contribution in [0.5, 0.6) is 0 Å². The molecule has 1 aliphatic heterocycles. The number of hydrogen-bond donors (Lipinski definition) is 1. The molecule has 4 aromatic rings. The molecule has 4 aromatic heterocycles. The van der Waals surface area contributed by atoms with E-state index >= 15 is 0 Å². The lowest BCUT2D eigenvalue weighted by molar-refractivity contribution is -0.133. The second-order valence-electron chi connectivity index (χ2n) is 13.2. The summed E-state index contributed by atoms with van der Waals surface area (Å²) in [5, 5.41) is 22.3. The minimum atomic E-state index is -0.291. The van der Waals surface area contributed by atoms with Gasteiger partial charge < -0.3 is 10.2 Å². The highest BCUT2D eigenvalue weighted by Gasteiger charge is 2.41. The molecule has 1 amide bonds. The Morgan fingerprint density at radius 3 is 2.48 bits per heavy atom. The van der Waals surface area contributed by atoms with E-state index in [0.717, 1.165) is 86.6 Å². The maximum atomic E-state index is 13.2. The molecule has 2 saturated carbocycles. The van der Waals surface area contributed by atoms with Gasteiger partial charge in [0.05, 0.1) is 41.4 Å². The number of nitriles is 1. The van der Waals surface area contributed by atoms with Crippen molar-refractivity contribution in [3.63, 3.8) is 0 Å². The van der Waals surface area contributed by atoms with Crippen molar-refractivity contribution in [2.24, 2.45) is 11.3 Å². The molecule has 1 saturated heterocycles. The Balaban J connectivity index is 1.12. The van der Waals surface area contributed by atoms with Gasteiger partial charge >= 0.3 is 0 Å². The smallest absolute Gasteiger partial charge is 0.226 e. The van der Waals surface area contributed by atoms with Crippen molar-refractivity contribution >= 4 is 17.2 Å². The van der Waals surface area contributed by atoms with Crippen LogP contribution in [0.4, 0.5) is 5.82 Å². The molecule has 5 heterocycles. The van der Waals surface area contributed by atoms with E-state index in [-0.39, 0.29) is 11.3 Å². The molecular formula is C34H41N9O. The summed E-state index contributed by atoms with van der Waals surface area (Å²) in [4.78, 5) is 25.3. The fraction of sp³-hybridized carbons (Fsp3) is 0.529. The van der Waals surface area contributed by atoms with Crippen molar-refractivity contribution in [3.8, 4) is 28.6 Å². The summed E-state index contributed by atoms with van der Waals surface area (Å²) in [6, 6.07) is 7.11. The number of amides is 1. The summed E-state index contributed by atoms with van der Waals surface area (Å²) in [7, 11) is 0. The Morgan fingerprint density at radius 1 is 1.02 bits per heavy atom. The topological polar surface area (TPSA) is 117 Å². The maximum Gasteiger partial charge on any atom is 0.226 e. The van der Waals surface area contributed by atoms with Crippen molar-refractivity contribution < 1.29 is 4.79 Å². The molecule has 0 radical (unpaired) electrons. The number of nitrogens with one attached hydrogen (secondary N) is 1. The summed E-state index contributed by atoms with van der Waals surface area (Å²) in [6.07, 6.45) is 20.0. The predicted molar refractivity (Wildman–Crippen MR) is 169 cm³/mol. The molecule has 10 heteroatoms. The van der Waals surface area contributed by atoms with Gasteiger partial charge in [-0.2, -0.15) is 15.5 Å². The minimum absolute atomic E-state index is 0.232. The SMILES string of the molecule is CCC1(C(=O)NC2CCC2)CCN(c2ccc(-c3nc(-c4cnn(C5CCC(C)CC5)c4)cn4ncc(C#N)c34)cn2)CC1. The van der Waals surface area contributed by atoms with E-state index < -0.39 is 0 Å². The Labute approximate surface area is 258 Å². The van der Waals surface area contributed by atoms with Crippen LogP contribution in [-0.4, -0.2) is 54.4 Å². The van der Waals surface area contributed by atoms with Gasteiger partial charge in [0, 0.05) is 42.7 Å². The molecular weight excluding hydrogens is 550 g/mol. The molecule has 0 atom stereocenters. The molecule has 1 N–H and O–H groups in total. The fourth-order valence-corrected chi connectivity index (χ4v) is 7.12. The molecule has 228 valence electrons. The Bertz CT molecular complexity index is 1680. The van der Waals surface area contributed by atoms with E-state index in [0.29, 0.717) is 28.9 Å². The molecule has 2 aliphatic carbocycles. The largest absolute Gasteiger partial charge is 0.357 e. The number of carbonyl (C=O) groups is 1. The average Bonchev–Trinajstić information content (AvgIpc) is 3.71. The van der Waals surface area contributed by atoms with Crippen molar-refractivity contribution in [1.82, 2.24) is 34.7 Å². The maximum absolute atomic E-state index is 13.2. The monoisotopic (exact) mass is 591 g/mol. The van der Waals surface area contributed by atoms with E-state index in [9.17, 15) is 10.1 Å². The number of carbonyl (C=O) groups excluding carboxylic acids is 1. The lowest BCUT2D eigenvalue weighted by atomic mass is 9.74. The quantitative estimate of drug-likeness (QED) is 0.283. The number of aromatic nitrogens is 6. The average molecular weight is 592 g/mol. The first kappa shape index (κ1) is 28.5. The van der Waals surface area contributed by atoms with Crippen LogP contribution >= 0.6 is 0 Å². The Kier molecular flexibility index (Phi) is 7.57. The molecule has 0 unspecified atom stereocenters. The van der Waals surface area contributed by atoms with Gasteiger partial charge in [-0.05, 0) is 82.3 Å². The van der Waals surface area contributed by atoms with Gasteiger partial charge in [-0.3, -0.25) is 9.48 Å². The van der Waals surface area contributed by atoms with Gasteiger partial charge in [-0.15, -0.1) is 0 Å². The molecule has 3 fully saturated rings. The third-order valence-corrected chi connectivity index (χ3v) is 10.5. The number of hydrogen-bond acceptors (Lipinski definition) is 7. The molecule has 44 heavy (non-hydrogen) atoms. The third-order valence-electron chi connectivity index (χ3n) is 10.5. The zero-order valence-corrected chi connectivity index (χ0v) is 25.7. The Hall–Kier alpha value is -4.26. The lowest BCUT2D eigenvalue weighted by Crippen LogP contribution is -2.52. The van der Waals surface area contributed by atoms with Crippen LogP contribution in [0.1, 0.15) is 89.7 Å². The zero-order chi connectivity index (χ0) is 30.3. The first-order valence-electron chi connectivity index (χ1n) is 16.3. The summed E-state index contributed by atoms with van der Waals surface area (Å²) < 4.78 is 3.84. The van der Waals surface area contributed by atoms with E-state index in [1.165, 1.54) is 19.3 Å². The molecule has 10 nitrogen and oxygen atoms in total. The van der Waals surface area contributed by atoms with E-state index in [4.69, 9.17) is 15.1 Å². The second-order valence-corrected chi connectivity index (χ2v) is 13.2. The number of nitrogens with zero attached hydrogens (tertiary/aromatic N) is 8. The van der Waals surface area contributed by atoms with Crippen molar-refractivity contribution in [1.29, 1.82) is 5.26 Å². The van der Waals surface area contributed by atoms with Gasteiger partial charge in [0.25, 0.3) is 0 Å².